The zero-order valence-electron chi connectivity index (χ0n) is 12.3. The van der Waals surface area contributed by atoms with Gasteiger partial charge in [0.25, 0.3) is 0 Å². The molecule has 1 N–H and O–H groups in total. The van der Waals surface area contributed by atoms with Gasteiger partial charge in [0.15, 0.2) is 0 Å². The van der Waals surface area contributed by atoms with Crippen LogP contribution in [0.3, 0.4) is 0 Å². The molecule has 1 aromatic carbocycles. The molecule has 1 rings (SSSR count). The summed E-state index contributed by atoms with van der Waals surface area (Å²) in [6.45, 7) is 8.31. The fraction of sp³-hybridized carbons (Fsp3) is 0.625. The number of benzene rings is 1. The van der Waals surface area contributed by atoms with Crippen molar-refractivity contribution in [3.05, 3.63) is 29.3 Å². The third-order valence-electron chi connectivity index (χ3n) is 3.36. The van der Waals surface area contributed by atoms with E-state index in [2.05, 4.69) is 39.8 Å². The topological polar surface area (TPSA) is 29.5 Å². The van der Waals surface area contributed by atoms with Gasteiger partial charge in [-0.15, -0.1) is 0 Å². The summed E-state index contributed by atoms with van der Waals surface area (Å²) >= 11 is 0. The van der Waals surface area contributed by atoms with E-state index in [-0.39, 0.29) is 11.5 Å². The molecule has 0 aromatic heterocycles. The van der Waals surface area contributed by atoms with E-state index >= 15 is 0 Å². The number of rotatable bonds is 5. The predicted octanol–water partition coefficient (Wildman–Crippen LogP) is 3.73. The molecule has 1 unspecified atom stereocenters. The summed E-state index contributed by atoms with van der Waals surface area (Å²) in [7, 11) is 1.71. The van der Waals surface area contributed by atoms with Gasteiger partial charge >= 0.3 is 0 Å². The molecule has 1 atom stereocenters. The maximum Gasteiger partial charge on any atom is 0.122 e. The molecule has 18 heavy (non-hydrogen) atoms. The van der Waals surface area contributed by atoms with Gasteiger partial charge in [-0.1, -0.05) is 38.5 Å². The van der Waals surface area contributed by atoms with Crippen molar-refractivity contribution in [3.63, 3.8) is 0 Å². The van der Waals surface area contributed by atoms with Crippen molar-refractivity contribution in [1.82, 2.24) is 0 Å². The average Bonchev–Trinajstić information content (AvgIpc) is 2.28. The highest BCUT2D eigenvalue weighted by molar-refractivity contribution is 5.36. The van der Waals surface area contributed by atoms with Crippen molar-refractivity contribution in [1.29, 1.82) is 0 Å². The molecule has 0 heterocycles. The van der Waals surface area contributed by atoms with Crippen LogP contribution in [-0.2, 0) is 6.42 Å². The first-order chi connectivity index (χ1) is 8.34. The Morgan fingerprint density at radius 2 is 1.94 bits per heavy atom. The van der Waals surface area contributed by atoms with E-state index in [9.17, 15) is 5.11 Å². The Kier molecular flexibility index (Phi) is 5.21. The van der Waals surface area contributed by atoms with Gasteiger partial charge in [-0.05, 0) is 43.2 Å². The van der Waals surface area contributed by atoms with Crippen LogP contribution in [0, 0.1) is 12.3 Å². The fourth-order valence-electron chi connectivity index (χ4n) is 2.02. The summed E-state index contributed by atoms with van der Waals surface area (Å²) in [4.78, 5) is 0. The summed E-state index contributed by atoms with van der Waals surface area (Å²) in [6.07, 6.45) is 2.53. The number of aliphatic hydroxyl groups excluding tert-OH is 1. The van der Waals surface area contributed by atoms with Crippen molar-refractivity contribution in [3.8, 4) is 5.75 Å². The Labute approximate surface area is 111 Å². The van der Waals surface area contributed by atoms with Crippen LogP contribution in [0.25, 0.3) is 0 Å². The molecule has 0 aliphatic carbocycles. The van der Waals surface area contributed by atoms with Crippen LogP contribution >= 0.6 is 0 Å². The van der Waals surface area contributed by atoms with E-state index < -0.39 is 0 Å². The van der Waals surface area contributed by atoms with Gasteiger partial charge in [0, 0.05) is 0 Å². The lowest BCUT2D eigenvalue weighted by Crippen LogP contribution is -2.25. The van der Waals surface area contributed by atoms with Crippen molar-refractivity contribution in [2.24, 2.45) is 5.41 Å². The lowest BCUT2D eigenvalue weighted by atomic mass is 9.86. The van der Waals surface area contributed by atoms with Crippen molar-refractivity contribution >= 4 is 0 Å². The highest BCUT2D eigenvalue weighted by Crippen LogP contribution is 2.25. The molecular weight excluding hydrogens is 224 g/mol. The van der Waals surface area contributed by atoms with Crippen LogP contribution < -0.4 is 4.74 Å². The second-order valence-corrected chi connectivity index (χ2v) is 6.09. The van der Waals surface area contributed by atoms with Crippen molar-refractivity contribution in [2.45, 2.75) is 53.1 Å². The molecule has 2 nitrogen and oxygen atoms in total. The monoisotopic (exact) mass is 250 g/mol. The summed E-state index contributed by atoms with van der Waals surface area (Å²) in [5, 5.41) is 10.0. The van der Waals surface area contributed by atoms with E-state index in [0.717, 1.165) is 25.0 Å². The van der Waals surface area contributed by atoms with E-state index in [1.807, 2.05) is 6.07 Å². The van der Waals surface area contributed by atoms with E-state index in [1.54, 1.807) is 7.11 Å². The average molecular weight is 250 g/mol. The molecule has 0 saturated carbocycles. The Morgan fingerprint density at radius 1 is 1.28 bits per heavy atom. The van der Waals surface area contributed by atoms with Gasteiger partial charge in [-0.3, -0.25) is 0 Å². The number of ether oxygens (including phenoxy) is 1. The third kappa shape index (κ3) is 4.34. The quantitative estimate of drug-likeness (QED) is 0.862. The third-order valence-corrected chi connectivity index (χ3v) is 3.36. The van der Waals surface area contributed by atoms with Gasteiger partial charge < -0.3 is 9.84 Å². The fourth-order valence-corrected chi connectivity index (χ4v) is 2.02. The summed E-state index contributed by atoms with van der Waals surface area (Å²) in [6, 6.07) is 6.25. The smallest absolute Gasteiger partial charge is 0.122 e. The molecule has 0 saturated heterocycles. The van der Waals surface area contributed by atoms with Crippen LogP contribution in [0.5, 0.6) is 5.75 Å². The molecule has 0 fully saturated rings. The molecule has 1 aromatic rings. The predicted molar refractivity (Wildman–Crippen MR) is 76.1 cm³/mol. The van der Waals surface area contributed by atoms with Crippen LogP contribution in [0.2, 0.25) is 0 Å². The standard InChI is InChI=1S/C16H26O2/c1-12-9-10-14(18-5)13(11-12)7-6-8-15(17)16(2,3)4/h9-11,15,17H,6-8H2,1-5H3. The minimum absolute atomic E-state index is 0.0311. The van der Waals surface area contributed by atoms with Crippen molar-refractivity contribution < 1.29 is 9.84 Å². The Balaban J connectivity index is 2.56. The van der Waals surface area contributed by atoms with Crippen LogP contribution in [0.1, 0.15) is 44.7 Å². The highest BCUT2D eigenvalue weighted by Gasteiger charge is 2.21. The highest BCUT2D eigenvalue weighted by atomic mass is 16.5. The number of hydrogen-bond donors (Lipinski definition) is 1. The summed E-state index contributed by atoms with van der Waals surface area (Å²) in [5.74, 6) is 0.950. The largest absolute Gasteiger partial charge is 0.496 e. The van der Waals surface area contributed by atoms with Gasteiger partial charge in [0.05, 0.1) is 13.2 Å². The summed E-state index contributed by atoms with van der Waals surface area (Å²) in [5.41, 5.74) is 2.46. The minimum Gasteiger partial charge on any atom is -0.496 e. The van der Waals surface area contributed by atoms with Crippen molar-refractivity contribution in [2.75, 3.05) is 7.11 Å². The number of aryl methyl sites for hydroxylation is 2. The number of aliphatic hydroxyl groups is 1. The first-order valence-corrected chi connectivity index (χ1v) is 6.66. The molecule has 2 heteroatoms. The minimum atomic E-state index is -0.242. The lowest BCUT2D eigenvalue weighted by molar-refractivity contribution is 0.0540. The number of hydrogen-bond acceptors (Lipinski definition) is 2. The second-order valence-electron chi connectivity index (χ2n) is 6.09. The Hall–Kier alpha value is -1.02. The zero-order valence-corrected chi connectivity index (χ0v) is 12.3. The first-order valence-electron chi connectivity index (χ1n) is 6.66. The van der Waals surface area contributed by atoms with Crippen LogP contribution in [0.15, 0.2) is 18.2 Å². The molecule has 102 valence electrons. The molecule has 0 bridgehead atoms. The molecule has 0 amide bonds. The molecule has 0 aliphatic heterocycles. The summed E-state index contributed by atoms with van der Waals surface area (Å²) < 4.78 is 5.36. The van der Waals surface area contributed by atoms with Gasteiger partial charge in [-0.25, -0.2) is 0 Å². The van der Waals surface area contributed by atoms with Gasteiger partial charge in [0.2, 0.25) is 0 Å². The SMILES string of the molecule is COc1ccc(C)cc1CCCC(O)C(C)(C)C. The van der Waals surface area contributed by atoms with Gasteiger partial charge in [-0.2, -0.15) is 0 Å². The van der Waals surface area contributed by atoms with E-state index in [4.69, 9.17) is 4.74 Å². The lowest BCUT2D eigenvalue weighted by Gasteiger charge is -2.25. The zero-order chi connectivity index (χ0) is 13.8. The normalized spacial score (nSPS) is 13.4. The molecule has 0 spiro atoms. The second kappa shape index (κ2) is 6.24. The molecule has 0 aliphatic rings. The van der Waals surface area contributed by atoms with Crippen LogP contribution in [-0.4, -0.2) is 18.3 Å². The molecule has 0 radical (unpaired) electrons. The van der Waals surface area contributed by atoms with E-state index in [0.29, 0.717) is 0 Å². The number of methoxy groups -OCH3 is 1. The Morgan fingerprint density at radius 3 is 2.50 bits per heavy atom. The maximum absolute atomic E-state index is 10.0. The van der Waals surface area contributed by atoms with E-state index in [1.165, 1.54) is 11.1 Å². The Bertz CT molecular complexity index is 377. The first kappa shape index (κ1) is 15.0. The molecular formula is C16H26O2. The van der Waals surface area contributed by atoms with Crippen LogP contribution in [0.4, 0.5) is 0 Å². The maximum atomic E-state index is 10.0. The van der Waals surface area contributed by atoms with Gasteiger partial charge in [0.1, 0.15) is 5.75 Å².